The molecule has 0 atom stereocenters. The molecule has 90 valence electrons. The Morgan fingerprint density at radius 3 is 2.78 bits per heavy atom. The minimum Gasteiger partial charge on any atom is -0.436 e. The first-order chi connectivity index (χ1) is 8.63. The Hall–Kier alpha value is -2.07. The lowest BCUT2D eigenvalue weighted by atomic mass is 10.2. The predicted molar refractivity (Wildman–Crippen MR) is 68.8 cm³/mol. The monoisotopic (exact) mass is 262 g/mol. The number of hydrogen-bond donors (Lipinski definition) is 1. The zero-order valence-corrected chi connectivity index (χ0v) is 9.91. The number of fused-ring (bicyclic) bond motifs is 1. The van der Waals surface area contributed by atoms with Crippen LogP contribution in [-0.4, -0.2) is 4.98 Å². The summed E-state index contributed by atoms with van der Waals surface area (Å²) < 4.78 is 18.5. The van der Waals surface area contributed by atoms with Gasteiger partial charge >= 0.3 is 0 Å². The van der Waals surface area contributed by atoms with Gasteiger partial charge in [-0.15, -0.1) is 0 Å². The first kappa shape index (κ1) is 11.0. The van der Waals surface area contributed by atoms with Crippen LogP contribution in [0, 0.1) is 5.82 Å². The van der Waals surface area contributed by atoms with Crippen molar-refractivity contribution in [1.29, 1.82) is 0 Å². The molecular weight excluding hydrogens is 255 g/mol. The van der Waals surface area contributed by atoms with Crippen LogP contribution in [0.1, 0.15) is 0 Å². The van der Waals surface area contributed by atoms with E-state index in [0.29, 0.717) is 27.6 Å². The number of oxazole rings is 1. The molecule has 2 aromatic carbocycles. The number of benzene rings is 2. The van der Waals surface area contributed by atoms with Gasteiger partial charge in [-0.25, -0.2) is 9.37 Å². The highest BCUT2D eigenvalue weighted by atomic mass is 35.5. The third kappa shape index (κ3) is 1.80. The Balaban J connectivity index is 2.19. The number of nitrogen functional groups attached to an aromatic ring is 1. The van der Waals surface area contributed by atoms with Crippen LogP contribution in [0.2, 0.25) is 5.02 Å². The molecule has 0 aliphatic heterocycles. The van der Waals surface area contributed by atoms with Crippen molar-refractivity contribution in [1.82, 2.24) is 4.98 Å². The fraction of sp³-hybridized carbons (Fsp3) is 0. The van der Waals surface area contributed by atoms with Crippen molar-refractivity contribution in [2.24, 2.45) is 0 Å². The van der Waals surface area contributed by atoms with Crippen LogP contribution in [0.3, 0.4) is 0 Å². The summed E-state index contributed by atoms with van der Waals surface area (Å²) >= 11 is 5.86. The van der Waals surface area contributed by atoms with Crippen molar-refractivity contribution in [3.8, 4) is 11.5 Å². The Kier molecular flexibility index (Phi) is 2.45. The number of nitrogens with two attached hydrogens (primary N) is 1. The van der Waals surface area contributed by atoms with E-state index in [2.05, 4.69) is 4.98 Å². The van der Waals surface area contributed by atoms with Crippen LogP contribution in [-0.2, 0) is 0 Å². The van der Waals surface area contributed by atoms with Gasteiger partial charge in [0.25, 0.3) is 0 Å². The largest absolute Gasteiger partial charge is 0.436 e. The Labute approximate surface area is 107 Å². The van der Waals surface area contributed by atoms with Crippen molar-refractivity contribution in [2.75, 3.05) is 5.73 Å². The van der Waals surface area contributed by atoms with Crippen LogP contribution < -0.4 is 5.73 Å². The quantitative estimate of drug-likeness (QED) is 0.677. The van der Waals surface area contributed by atoms with Gasteiger partial charge in [-0.1, -0.05) is 11.6 Å². The van der Waals surface area contributed by atoms with E-state index in [0.717, 1.165) is 0 Å². The highest BCUT2D eigenvalue weighted by Gasteiger charge is 2.11. The van der Waals surface area contributed by atoms with Gasteiger partial charge in [-0.2, -0.15) is 0 Å². The normalized spacial score (nSPS) is 11.0. The van der Waals surface area contributed by atoms with E-state index in [4.69, 9.17) is 21.8 Å². The number of anilines is 1. The number of aromatic nitrogens is 1. The standard InChI is InChI=1S/C13H8ClFN2O/c14-7-1-4-11-12(5-7)18-13(17-11)9-3-2-8(15)6-10(9)16/h1-6H,16H2. The minimum atomic E-state index is -0.393. The van der Waals surface area contributed by atoms with Gasteiger partial charge < -0.3 is 10.2 Å². The van der Waals surface area contributed by atoms with E-state index in [9.17, 15) is 4.39 Å². The van der Waals surface area contributed by atoms with Gasteiger partial charge in [-0.3, -0.25) is 0 Å². The van der Waals surface area contributed by atoms with E-state index in [1.165, 1.54) is 18.2 Å². The minimum absolute atomic E-state index is 0.285. The van der Waals surface area contributed by atoms with Gasteiger partial charge in [0.2, 0.25) is 5.89 Å². The van der Waals surface area contributed by atoms with E-state index in [-0.39, 0.29) is 5.69 Å². The molecule has 0 unspecified atom stereocenters. The number of nitrogens with zero attached hydrogens (tertiary/aromatic N) is 1. The molecule has 0 aliphatic carbocycles. The average Bonchev–Trinajstić information content (AvgIpc) is 2.71. The number of hydrogen-bond acceptors (Lipinski definition) is 3. The zero-order valence-electron chi connectivity index (χ0n) is 9.15. The lowest BCUT2D eigenvalue weighted by molar-refractivity contribution is 0.617. The van der Waals surface area contributed by atoms with Crippen molar-refractivity contribution in [3.05, 3.63) is 47.2 Å². The maximum atomic E-state index is 13.0. The molecule has 18 heavy (non-hydrogen) atoms. The van der Waals surface area contributed by atoms with Crippen LogP contribution in [0.25, 0.3) is 22.6 Å². The molecule has 3 rings (SSSR count). The molecular formula is C13H8ClFN2O. The van der Waals surface area contributed by atoms with Crippen LogP contribution in [0.15, 0.2) is 40.8 Å². The van der Waals surface area contributed by atoms with Crippen molar-refractivity contribution < 1.29 is 8.81 Å². The molecule has 0 aliphatic rings. The van der Waals surface area contributed by atoms with E-state index in [1.807, 2.05) is 0 Å². The summed E-state index contributed by atoms with van der Waals surface area (Å²) in [4.78, 5) is 4.29. The molecule has 2 N–H and O–H groups in total. The summed E-state index contributed by atoms with van der Waals surface area (Å²) in [6.45, 7) is 0. The van der Waals surface area contributed by atoms with Gasteiger partial charge in [0, 0.05) is 16.8 Å². The highest BCUT2D eigenvalue weighted by Crippen LogP contribution is 2.29. The predicted octanol–water partition coefficient (Wildman–Crippen LogP) is 3.87. The summed E-state index contributed by atoms with van der Waals surface area (Å²) in [5.41, 5.74) is 7.83. The van der Waals surface area contributed by atoms with Gasteiger partial charge in [-0.05, 0) is 30.3 Å². The molecule has 0 fully saturated rings. The first-order valence-corrected chi connectivity index (χ1v) is 5.63. The Morgan fingerprint density at radius 2 is 2.00 bits per heavy atom. The second-order valence-electron chi connectivity index (χ2n) is 3.86. The molecule has 5 heteroatoms. The van der Waals surface area contributed by atoms with Crippen molar-refractivity contribution >= 4 is 28.4 Å². The zero-order chi connectivity index (χ0) is 12.7. The van der Waals surface area contributed by atoms with Crippen LogP contribution >= 0.6 is 11.6 Å². The molecule has 0 spiro atoms. The van der Waals surface area contributed by atoms with E-state index >= 15 is 0 Å². The molecule has 0 saturated heterocycles. The second kappa shape index (κ2) is 3.99. The first-order valence-electron chi connectivity index (χ1n) is 5.25. The molecule has 0 amide bonds. The maximum Gasteiger partial charge on any atom is 0.229 e. The topological polar surface area (TPSA) is 52.0 Å². The number of rotatable bonds is 1. The summed E-state index contributed by atoms with van der Waals surface area (Å²) in [6.07, 6.45) is 0. The fourth-order valence-corrected chi connectivity index (χ4v) is 1.90. The van der Waals surface area contributed by atoms with Crippen LogP contribution in [0.4, 0.5) is 10.1 Å². The molecule has 3 nitrogen and oxygen atoms in total. The molecule has 1 aromatic heterocycles. The van der Waals surface area contributed by atoms with Crippen LogP contribution in [0.5, 0.6) is 0 Å². The smallest absolute Gasteiger partial charge is 0.229 e. The Bertz CT molecular complexity index is 739. The summed E-state index contributed by atoms with van der Waals surface area (Å²) in [7, 11) is 0. The third-order valence-corrected chi connectivity index (χ3v) is 2.83. The molecule has 0 bridgehead atoms. The second-order valence-corrected chi connectivity index (χ2v) is 4.30. The fourth-order valence-electron chi connectivity index (χ4n) is 1.74. The van der Waals surface area contributed by atoms with E-state index < -0.39 is 5.82 Å². The SMILES string of the molecule is Nc1cc(F)ccc1-c1nc2ccc(Cl)cc2o1. The maximum absolute atomic E-state index is 13.0. The highest BCUT2D eigenvalue weighted by molar-refractivity contribution is 6.31. The lowest BCUT2D eigenvalue weighted by Crippen LogP contribution is -1.91. The summed E-state index contributed by atoms with van der Waals surface area (Å²) in [6, 6.07) is 9.24. The molecule has 0 saturated carbocycles. The van der Waals surface area contributed by atoms with Gasteiger partial charge in [0.1, 0.15) is 11.3 Å². The molecule has 1 heterocycles. The molecule has 3 aromatic rings. The third-order valence-electron chi connectivity index (χ3n) is 2.59. The Morgan fingerprint density at radius 1 is 1.17 bits per heavy atom. The number of halogens is 2. The molecule has 0 radical (unpaired) electrons. The average molecular weight is 263 g/mol. The lowest BCUT2D eigenvalue weighted by Gasteiger charge is -2.00. The summed E-state index contributed by atoms with van der Waals surface area (Å²) in [5.74, 6) is -0.0415. The van der Waals surface area contributed by atoms with Gasteiger partial charge in [0.05, 0.1) is 5.56 Å². The van der Waals surface area contributed by atoms with Gasteiger partial charge in [0.15, 0.2) is 5.58 Å². The summed E-state index contributed by atoms with van der Waals surface area (Å²) in [5, 5.41) is 0.567. The van der Waals surface area contributed by atoms with E-state index in [1.54, 1.807) is 18.2 Å². The van der Waals surface area contributed by atoms with Crippen molar-refractivity contribution in [2.45, 2.75) is 0 Å². The van der Waals surface area contributed by atoms with Crippen molar-refractivity contribution in [3.63, 3.8) is 0 Å².